The van der Waals surface area contributed by atoms with Gasteiger partial charge in [0, 0.05) is 88.3 Å². The van der Waals surface area contributed by atoms with Gasteiger partial charge in [-0.05, 0) is 99.7 Å². The number of aryl methyl sites for hydroxylation is 1. The molecule has 2 saturated heterocycles. The van der Waals surface area contributed by atoms with E-state index in [1.54, 1.807) is 54.9 Å². The molecule has 6 N–H and O–H groups in total. The van der Waals surface area contributed by atoms with Crippen molar-refractivity contribution < 1.29 is 37.9 Å². The Hall–Kier alpha value is -6.73. The molecule has 3 aliphatic rings. The second-order valence-corrected chi connectivity index (χ2v) is 23.1. The highest BCUT2D eigenvalue weighted by Crippen LogP contribution is 2.44. The first-order valence-corrected chi connectivity index (χ1v) is 28.9. The van der Waals surface area contributed by atoms with Crippen LogP contribution in [0.2, 0.25) is 0 Å². The monoisotopic (exact) mass is 1100 g/mol. The normalized spacial score (nSPS) is 18.3. The van der Waals surface area contributed by atoms with Crippen molar-refractivity contribution in [2.75, 3.05) is 51.5 Å². The number of halogens is 1. The van der Waals surface area contributed by atoms with E-state index in [0.717, 1.165) is 62.5 Å². The fraction of sp³-hybridized carbons (Fsp3) is 0.574. The van der Waals surface area contributed by atoms with Crippen molar-refractivity contribution in [3.8, 4) is 17.0 Å². The molecule has 2 aromatic heterocycles. The Morgan fingerprint density at radius 1 is 0.938 bits per heavy atom. The van der Waals surface area contributed by atoms with Crippen LogP contribution in [0.5, 0.6) is 5.88 Å². The zero-order valence-corrected chi connectivity index (χ0v) is 48.4. The number of nitrogens with two attached hydrogens (primary N) is 1. The minimum atomic E-state index is -0.888. The van der Waals surface area contributed by atoms with Gasteiger partial charge in [-0.3, -0.25) is 28.8 Å². The molecule has 434 valence electrons. The highest BCUT2D eigenvalue weighted by atomic mass is 19.1. The lowest BCUT2D eigenvalue weighted by Gasteiger charge is -2.36. The molecule has 4 aromatic rings. The quantitative estimate of drug-likeness (QED) is 0.0376. The molecule has 19 heteroatoms. The number of hydrogen-bond donors (Lipinski definition) is 5. The van der Waals surface area contributed by atoms with Crippen LogP contribution in [0.4, 0.5) is 15.9 Å². The third-order valence-corrected chi connectivity index (χ3v) is 16.1. The second kappa shape index (κ2) is 28.1. The third-order valence-electron chi connectivity index (χ3n) is 16.1. The Labute approximate surface area is 471 Å². The number of amides is 4. The molecular weight excluding hydrogens is 1020 g/mol. The second-order valence-electron chi connectivity index (χ2n) is 23.1. The van der Waals surface area contributed by atoms with Crippen LogP contribution in [0.1, 0.15) is 170 Å². The van der Waals surface area contributed by atoms with Gasteiger partial charge in [-0.15, -0.1) is 0 Å². The Balaban J connectivity index is 0.866. The van der Waals surface area contributed by atoms with E-state index < -0.39 is 35.4 Å². The number of ether oxygens (including phenoxy) is 1. The van der Waals surface area contributed by atoms with Crippen molar-refractivity contribution in [2.24, 2.45) is 5.41 Å². The van der Waals surface area contributed by atoms with E-state index in [1.165, 1.54) is 12.1 Å². The van der Waals surface area contributed by atoms with Crippen LogP contribution in [0.25, 0.3) is 11.1 Å². The van der Waals surface area contributed by atoms with E-state index >= 15 is 0 Å². The molecule has 0 radical (unpaired) electrons. The van der Waals surface area contributed by atoms with Gasteiger partial charge >= 0.3 is 0 Å². The number of unbranched alkanes of at least 4 members (excludes halogenated alkanes) is 5. The summed E-state index contributed by atoms with van der Waals surface area (Å²) in [6.45, 7) is 11.3. The van der Waals surface area contributed by atoms with Crippen LogP contribution >= 0.6 is 0 Å². The number of likely N-dealkylation sites (tertiary alicyclic amines) is 1. The number of fused-ring (bicyclic) bond motifs is 8. The summed E-state index contributed by atoms with van der Waals surface area (Å²) in [5, 5.41) is 17.4. The zero-order valence-electron chi connectivity index (χ0n) is 48.4. The van der Waals surface area contributed by atoms with Crippen molar-refractivity contribution in [3.63, 3.8) is 0 Å². The predicted octanol–water partition coefficient (Wildman–Crippen LogP) is 8.00. The van der Waals surface area contributed by atoms with Gasteiger partial charge in [0.25, 0.3) is 5.91 Å². The fourth-order valence-electron chi connectivity index (χ4n) is 11.6. The Morgan fingerprint density at radius 2 is 1.65 bits per heavy atom. The summed E-state index contributed by atoms with van der Waals surface area (Å²) in [5.74, 6) is -0.527. The van der Waals surface area contributed by atoms with Crippen molar-refractivity contribution in [2.45, 2.75) is 180 Å². The van der Waals surface area contributed by atoms with Gasteiger partial charge in [-0.25, -0.2) is 14.1 Å². The fourth-order valence-corrected chi connectivity index (χ4v) is 11.6. The number of nitrogen functional groups attached to an aromatic ring is 1. The molecule has 80 heavy (non-hydrogen) atoms. The average molecular weight is 1100 g/mol. The first kappa shape index (κ1) is 60.9. The zero-order chi connectivity index (χ0) is 57.7. The molecule has 2 fully saturated rings. The van der Waals surface area contributed by atoms with Gasteiger partial charge in [0.15, 0.2) is 5.78 Å². The Kier molecular flexibility index (Phi) is 21.4. The number of aromatic nitrogens is 3. The number of methoxy groups -OCH3 is 1. The summed E-state index contributed by atoms with van der Waals surface area (Å²) in [6.07, 6.45) is 11.4. The highest BCUT2D eigenvalue weighted by molar-refractivity contribution is 5.97. The van der Waals surface area contributed by atoms with Gasteiger partial charge in [0.05, 0.1) is 48.7 Å². The number of benzene rings is 2. The summed E-state index contributed by atoms with van der Waals surface area (Å²) in [4.78, 5) is 92.0. The van der Waals surface area contributed by atoms with E-state index in [0.29, 0.717) is 97.9 Å². The number of nitrogens with zero attached hydrogens (tertiary/aromatic N) is 6. The number of anilines is 2. The van der Waals surface area contributed by atoms with Crippen molar-refractivity contribution >= 4 is 46.7 Å². The van der Waals surface area contributed by atoms with Crippen molar-refractivity contribution in [1.29, 1.82) is 0 Å². The molecule has 7 rings (SSSR count). The van der Waals surface area contributed by atoms with Crippen LogP contribution < -0.4 is 36.6 Å². The van der Waals surface area contributed by atoms with Crippen molar-refractivity contribution in [3.05, 3.63) is 89.0 Å². The van der Waals surface area contributed by atoms with Crippen LogP contribution in [0, 0.1) is 11.2 Å². The maximum atomic E-state index is 14.8. The number of likely N-dealkylation sites (N-methyl/N-ethyl adjacent to an activating group) is 1. The molecule has 2 bridgehead atoms. The van der Waals surface area contributed by atoms with E-state index in [2.05, 4.69) is 50.2 Å². The number of Topliss-reactive ketones (excluding diaryl/α,β-unsaturated/α-hetero) is 2. The molecule has 0 unspecified atom stereocenters. The van der Waals surface area contributed by atoms with Crippen LogP contribution in [-0.2, 0) is 37.1 Å². The van der Waals surface area contributed by atoms with Gasteiger partial charge in [0.1, 0.15) is 23.5 Å². The first-order valence-electron chi connectivity index (χ1n) is 28.9. The minimum absolute atomic E-state index is 0.0803. The summed E-state index contributed by atoms with van der Waals surface area (Å²) in [5.41, 5.74) is 10.8. The van der Waals surface area contributed by atoms with E-state index in [1.807, 2.05) is 45.0 Å². The molecule has 0 spiro atoms. The van der Waals surface area contributed by atoms with Crippen molar-refractivity contribution in [1.82, 2.24) is 45.8 Å². The molecule has 0 aliphatic carbocycles. The standard InChI is InChI=1S/C61H86FN11O7/c1-9-47(40-21-15-14-16-22-40)65-30-29-52(75)50-35-43(37-72(50)59(79)55(61(3,4)5)68-57(77)39(2)64-6)67-53(76)26-18-13-11-10-12-17-23-44(74)24-19-32-73-60(80-8)54-41-33-51(56(63)66-36-41)71-31-20-25-49(71)46-34-42(62)27-28-45(46)58(78)70(7)38-48(54)69-73/h14-16,21-22,27-28,33-34,36,39,43,47,49-50,55,64-65H,9-13,17-20,23-26,29-32,35,37-38H2,1-8H3,(H2,63,66)(H,67,76)(H,68,77)/t39-,43-,47+,49-,50-,55+/m1/s1. The molecule has 6 atom stereocenters. The SMILES string of the molecule is CC[C@H](NCCC(=O)[C@H]1C[C@@H](NC(=O)CCCCCCCCC(=O)CCCn2nc3c(c2OC)-c2cnc(N)c(c2)N2CCC[C@@H]2c2cc(F)ccc2C(=O)N(C)C3)CN1C(=O)[C@H](NC(=O)[C@@H](C)NC)C(C)(C)C)c1ccccc1. The number of rotatable bonds is 26. The van der Waals surface area contributed by atoms with E-state index in [4.69, 9.17) is 15.6 Å². The minimum Gasteiger partial charge on any atom is -0.481 e. The van der Waals surface area contributed by atoms with Gasteiger partial charge < -0.3 is 46.4 Å². The number of hydrogen-bond acceptors (Lipinski definition) is 13. The predicted molar refractivity (Wildman–Crippen MR) is 308 cm³/mol. The maximum absolute atomic E-state index is 14.8. The first-order chi connectivity index (χ1) is 38.3. The number of carbonyl (C=O) groups excluding carboxylic acids is 6. The molecule has 4 amide bonds. The topological polar surface area (TPSA) is 226 Å². The van der Waals surface area contributed by atoms with E-state index in [9.17, 15) is 33.2 Å². The number of ketones is 2. The van der Waals surface area contributed by atoms with Crippen LogP contribution in [-0.4, -0.2) is 125 Å². The lowest BCUT2D eigenvalue weighted by atomic mass is 9.85. The highest BCUT2D eigenvalue weighted by Gasteiger charge is 2.45. The average Bonchev–Trinajstić information content (AvgIpc) is 4.25. The Morgan fingerprint density at radius 3 is 2.35 bits per heavy atom. The summed E-state index contributed by atoms with van der Waals surface area (Å²) < 4.78 is 22.5. The molecule has 5 heterocycles. The van der Waals surface area contributed by atoms with Crippen LogP contribution in [0.15, 0.2) is 60.8 Å². The van der Waals surface area contributed by atoms with Gasteiger partial charge in [-0.1, -0.05) is 83.7 Å². The lowest BCUT2D eigenvalue weighted by Crippen LogP contribution is -2.59. The summed E-state index contributed by atoms with van der Waals surface area (Å²) in [7, 11) is 4.97. The molecule has 2 aromatic carbocycles. The van der Waals surface area contributed by atoms with Gasteiger partial charge in [0.2, 0.25) is 23.6 Å². The van der Waals surface area contributed by atoms with Gasteiger partial charge in [-0.2, -0.15) is 5.10 Å². The summed E-state index contributed by atoms with van der Waals surface area (Å²) >= 11 is 0. The smallest absolute Gasteiger partial charge is 0.254 e. The Bertz CT molecular complexity index is 2800. The van der Waals surface area contributed by atoms with Crippen LogP contribution in [0.3, 0.4) is 0 Å². The number of nitrogens with one attached hydrogen (secondary N) is 4. The number of pyridine rings is 1. The largest absolute Gasteiger partial charge is 0.481 e. The lowest BCUT2D eigenvalue weighted by molar-refractivity contribution is -0.143. The molecule has 3 aliphatic heterocycles. The van der Waals surface area contributed by atoms with E-state index in [-0.39, 0.29) is 66.8 Å². The number of carbonyl (C=O) groups is 6. The summed E-state index contributed by atoms with van der Waals surface area (Å²) in [6, 6.07) is 13.6. The third kappa shape index (κ3) is 15.2. The molecular formula is C61H86FN11O7. The molecule has 0 saturated carbocycles. The molecule has 18 nitrogen and oxygen atoms in total. The maximum Gasteiger partial charge on any atom is 0.254 e.